The molecule has 0 spiro atoms. The second-order valence-corrected chi connectivity index (χ2v) is 3.33. The number of carbonyl (C=O) groups is 3. The molecule has 3 N–H and O–H groups in total. The molecule has 0 saturated carbocycles. The minimum absolute atomic E-state index is 0.167. The van der Waals surface area contributed by atoms with Crippen LogP contribution in [0.4, 0.5) is 4.79 Å². The van der Waals surface area contributed by atoms with E-state index >= 15 is 0 Å². The van der Waals surface area contributed by atoms with Crippen LogP contribution in [0.5, 0.6) is 0 Å². The van der Waals surface area contributed by atoms with Crippen LogP contribution in [0.2, 0.25) is 0 Å². The van der Waals surface area contributed by atoms with Crippen molar-refractivity contribution in [2.24, 2.45) is 0 Å². The average Bonchev–Trinajstić information content (AvgIpc) is 2.23. The van der Waals surface area contributed by atoms with E-state index in [-0.39, 0.29) is 13.2 Å². The van der Waals surface area contributed by atoms with E-state index in [1.807, 2.05) is 12.2 Å². The van der Waals surface area contributed by atoms with Gasteiger partial charge in [0.2, 0.25) is 5.91 Å². The molecule has 0 aromatic carbocycles. The van der Waals surface area contributed by atoms with Crippen LogP contribution in [0.15, 0.2) is 0 Å². The third-order valence-electron chi connectivity index (χ3n) is 1.90. The smallest absolute Gasteiger partial charge is 0.413 e. The minimum atomic E-state index is -1.02. The highest BCUT2D eigenvalue weighted by atomic mass is 16.5. The molecule has 0 aliphatic rings. The lowest BCUT2D eigenvalue weighted by atomic mass is 10.2. The molecule has 0 heterocycles. The molecule has 2 amide bonds. The van der Waals surface area contributed by atoms with Crippen LogP contribution in [-0.4, -0.2) is 42.3 Å². The maximum atomic E-state index is 11.2. The fraction of sp³-hybridized carbons (Fsp3) is 0.700. The van der Waals surface area contributed by atoms with Crippen molar-refractivity contribution in [3.63, 3.8) is 0 Å². The summed E-state index contributed by atoms with van der Waals surface area (Å²) in [4.78, 5) is 32.8. The van der Waals surface area contributed by atoms with Gasteiger partial charge in [-0.15, -0.1) is 0 Å². The van der Waals surface area contributed by atoms with Gasteiger partial charge in [-0.25, -0.2) is 4.79 Å². The molecule has 0 aromatic rings. The maximum absolute atomic E-state index is 11.2. The SMILES string of the molecule is CCCC(NCC(=O)NC(=O)OCC)C(=O)O. The van der Waals surface area contributed by atoms with Crippen LogP contribution in [0.1, 0.15) is 26.7 Å². The fourth-order valence-electron chi connectivity index (χ4n) is 1.14. The molecular weight excluding hydrogens is 228 g/mol. The molecular formula is C10H18N2O5. The number of hydrogen-bond donors (Lipinski definition) is 3. The van der Waals surface area contributed by atoms with Crippen LogP contribution >= 0.6 is 0 Å². The number of carboxylic acid groups (broad SMARTS) is 1. The molecule has 98 valence electrons. The van der Waals surface area contributed by atoms with Crippen molar-refractivity contribution in [3.8, 4) is 0 Å². The number of ether oxygens (including phenoxy) is 1. The zero-order valence-corrected chi connectivity index (χ0v) is 9.99. The number of alkyl carbamates (subject to hydrolysis) is 1. The summed E-state index contributed by atoms with van der Waals surface area (Å²) < 4.78 is 4.50. The second kappa shape index (κ2) is 8.51. The number of aliphatic carboxylic acids is 1. The standard InChI is InChI=1S/C10H18N2O5/c1-3-5-7(9(14)15)11-6-8(13)12-10(16)17-4-2/h7,11H,3-6H2,1-2H3,(H,14,15)(H,12,13,16). The Morgan fingerprint density at radius 2 is 1.94 bits per heavy atom. The molecule has 0 aliphatic heterocycles. The van der Waals surface area contributed by atoms with Crippen LogP contribution in [0.3, 0.4) is 0 Å². The summed E-state index contributed by atoms with van der Waals surface area (Å²) in [5.41, 5.74) is 0. The molecule has 0 saturated heterocycles. The minimum Gasteiger partial charge on any atom is -0.480 e. The lowest BCUT2D eigenvalue weighted by Crippen LogP contribution is -2.44. The molecule has 0 radical (unpaired) electrons. The zero-order valence-electron chi connectivity index (χ0n) is 9.99. The van der Waals surface area contributed by atoms with E-state index in [1.165, 1.54) is 0 Å². The molecule has 7 nitrogen and oxygen atoms in total. The first-order chi connectivity index (χ1) is 8.01. The third-order valence-corrected chi connectivity index (χ3v) is 1.90. The summed E-state index contributed by atoms with van der Waals surface area (Å²) in [6.45, 7) is 3.39. The van der Waals surface area contributed by atoms with Crippen LogP contribution in [0, 0.1) is 0 Å². The summed E-state index contributed by atoms with van der Waals surface area (Å²) in [7, 11) is 0. The Bertz CT molecular complexity index is 280. The number of nitrogens with one attached hydrogen (secondary N) is 2. The number of imide groups is 1. The first-order valence-electron chi connectivity index (χ1n) is 5.44. The van der Waals surface area contributed by atoms with Crippen LogP contribution in [-0.2, 0) is 14.3 Å². The van der Waals surface area contributed by atoms with E-state index in [2.05, 4.69) is 10.1 Å². The van der Waals surface area contributed by atoms with Crippen LogP contribution in [0.25, 0.3) is 0 Å². The highest BCUT2D eigenvalue weighted by Gasteiger charge is 2.17. The van der Waals surface area contributed by atoms with Crippen molar-refractivity contribution >= 4 is 18.0 Å². The van der Waals surface area contributed by atoms with Crippen molar-refractivity contribution < 1.29 is 24.2 Å². The second-order valence-electron chi connectivity index (χ2n) is 3.33. The Hall–Kier alpha value is -1.63. The Balaban J connectivity index is 3.95. The van der Waals surface area contributed by atoms with Gasteiger partial charge >= 0.3 is 12.1 Å². The lowest BCUT2D eigenvalue weighted by Gasteiger charge is -2.12. The number of hydrogen-bond acceptors (Lipinski definition) is 5. The van der Waals surface area contributed by atoms with Crippen molar-refractivity contribution in [1.29, 1.82) is 0 Å². The van der Waals surface area contributed by atoms with Gasteiger partial charge in [0.05, 0.1) is 13.2 Å². The molecule has 0 bridgehead atoms. The van der Waals surface area contributed by atoms with E-state index in [9.17, 15) is 14.4 Å². The van der Waals surface area contributed by atoms with E-state index in [0.29, 0.717) is 12.8 Å². The first-order valence-corrected chi connectivity index (χ1v) is 5.44. The van der Waals surface area contributed by atoms with Gasteiger partial charge < -0.3 is 9.84 Å². The van der Waals surface area contributed by atoms with Crippen LogP contribution < -0.4 is 10.6 Å². The molecule has 7 heteroatoms. The van der Waals surface area contributed by atoms with E-state index < -0.39 is 24.0 Å². The summed E-state index contributed by atoms with van der Waals surface area (Å²) in [5.74, 6) is -1.64. The van der Waals surface area contributed by atoms with Gasteiger partial charge in [-0.1, -0.05) is 13.3 Å². The summed E-state index contributed by atoms with van der Waals surface area (Å²) in [6.07, 6.45) is 0.271. The number of carbonyl (C=O) groups excluding carboxylic acids is 2. The van der Waals surface area contributed by atoms with Gasteiger partial charge in [-0.3, -0.25) is 20.2 Å². The van der Waals surface area contributed by atoms with Crippen molar-refractivity contribution in [3.05, 3.63) is 0 Å². The molecule has 0 rings (SSSR count). The largest absolute Gasteiger partial charge is 0.480 e. The predicted molar refractivity (Wildman–Crippen MR) is 59.5 cm³/mol. The Morgan fingerprint density at radius 1 is 1.29 bits per heavy atom. The lowest BCUT2D eigenvalue weighted by molar-refractivity contribution is -0.139. The molecule has 17 heavy (non-hydrogen) atoms. The Morgan fingerprint density at radius 3 is 2.41 bits per heavy atom. The number of amides is 2. The highest BCUT2D eigenvalue weighted by molar-refractivity contribution is 5.93. The fourth-order valence-corrected chi connectivity index (χ4v) is 1.14. The van der Waals surface area contributed by atoms with Crippen molar-refractivity contribution in [2.75, 3.05) is 13.2 Å². The van der Waals surface area contributed by atoms with Gasteiger partial charge in [0, 0.05) is 0 Å². The molecule has 0 aromatic heterocycles. The molecule has 0 fully saturated rings. The summed E-state index contributed by atoms with van der Waals surface area (Å²) in [5, 5.41) is 13.3. The van der Waals surface area contributed by atoms with Gasteiger partial charge in [0.1, 0.15) is 6.04 Å². The number of rotatable bonds is 7. The normalized spacial score (nSPS) is 11.6. The van der Waals surface area contributed by atoms with E-state index in [1.54, 1.807) is 6.92 Å². The molecule has 1 atom stereocenters. The quantitative estimate of drug-likeness (QED) is 0.588. The third kappa shape index (κ3) is 7.29. The average molecular weight is 246 g/mol. The van der Waals surface area contributed by atoms with Gasteiger partial charge in [-0.05, 0) is 13.3 Å². The summed E-state index contributed by atoms with van der Waals surface area (Å²) in [6, 6.07) is -0.784. The Labute approximate surface area is 99.5 Å². The highest BCUT2D eigenvalue weighted by Crippen LogP contribution is 1.95. The van der Waals surface area contributed by atoms with Gasteiger partial charge in [0.15, 0.2) is 0 Å². The molecule has 1 unspecified atom stereocenters. The topological polar surface area (TPSA) is 105 Å². The monoisotopic (exact) mass is 246 g/mol. The zero-order chi connectivity index (χ0) is 13.3. The Kier molecular flexibility index (Phi) is 7.70. The van der Waals surface area contributed by atoms with E-state index in [0.717, 1.165) is 0 Å². The first kappa shape index (κ1) is 15.4. The predicted octanol–water partition coefficient (Wildman–Crippen LogP) is 0.102. The van der Waals surface area contributed by atoms with E-state index in [4.69, 9.17) is 5.11 Å². The number of carboxylic acids is 1. The van der Waals surface area contributed by atoms with Crippen molar-refractivity contribution in [1.82, 2.24) is 10.6 Å². The maximum Gasteiger partial charge on any atom is 0.413 e. The summed E-state index contributed by atoms with van der Waals surface area (Å²) >= 11 is 0. The van der Waals surface area contributed by atoms with Gasteiger partial charge in [-0.2, -0.15) is 0 Å². The van der Waals surface area contributed by atoms with Crippen molar-refractivity contribution in [2.45, 2.75) is 32.7 Å². The molecule has 0 aliphatic carbocycles. The van der Waals surface area contributed by atoms with Gasteiger partial charge in [0.25, 0.3) is 0 Å².